The summed E-state index contributed by atoms with van der Waals surface area (Å²) in [6.07, 6.45) is 6.55. The maximum absolute atomic E-state index is 13.1. The first-order chi connectivity index (χ1) is 23.3. The first-order valence-electron chi connectivity index (χ1n) is 16.8. The molecule has 6 rings (SSSR count). The number of hydrogen-bond acceptors (Lipinski definition) is 8. The van der Waals surface area contributed by atoms with Crippen LogP contribution in [0.2, 0.25) is 5.04 Å². The summed E-state index contributed by atoms with van der Waals surface area (Å²) in [5.74, 6) is -0.561. The molecule has 46 heavy (non-hydrogen) atoms. The normalized spacial score (nSPS) is 17.7. The predicted molar refractivity (Wildman–Crippen MR) is 186 cm³/mol. The molecule has 2 aliphatic carbocycles. The van der Waals surface area contributed by atoms with Crippen LogP contribution in [0.4, 0.5) is 17.3 Å². The summed E-state index contributed by atoms with van der Waals surface area (Å²) in [4.78, 5) is 31.3. The van der Waals surface area contributed by atoms with Crippen molar-refractivity contribution in [3.8, 4) is 0 Å². The molecule has 2 amide bonds. The van der Waals surface area contributed by atoms with Gasteiger partial charge in [-0.1, -0.05) is 81.4 Å². The Morgan fingerprint density at radius 2 is 1.72 bits per heavy atom. The van der Waals surface area contributed by atoms with Crippen molar-refractivity contribution < 1.29 is 18.1 Å². The highest BCUT2D eigenvalue weighted by atomic mass is 32.2. The number of benzene rings is 2. The van der Waals surface area contributed by atoms with Crippen molar-refractivity contribution in [1.82, 2.24) is 20.5 Å². The van der Waals surface area contributed by atoms with E-state index in [0.717, 1.165) is 40.1 Å². The monoisotopic (exact) mass is 655 g/mol. The van der Waals surface area contributed by atoms with Gasteiger partial charge in [-0.3, -0.25) is 9.59 Å². The highest BCUT2D eigenvalue weighted by molar-refractivity contribution is 7.98. The molecular weight excluding hydrogens is 613 g/mol. The van der Waals surface area contributed by atoms with Gasteiger partial charge in [-0.25, -0.2) is 4.98 Å². The molecule has 2 saturated carbocycles. The highest BCUT2D eigenvalue weighted by Crippen LogP contribution is 2.70. The quantitative estimate of drug-likeness (QED) is 0.143. The smallest absolute Gasteiger partial charge is 0.273 e. The number of rotatable bonds is 11. The van der Waals surface area contributed by atoms with Crippen LogP contribution < -0.4 is 26.3 Å². The Hall–Kier alpha value is -4.06. The lowest BCUT2D eigenvalue weighted by molar-refractivity contribution is -0.117. The molecule has 4 aromatic rings. The number of anilines is 3. The second-order valence-electron chi connectivity index (χ2n) is 13.0. The van der Waals surface area contributed by atoms with E-state index in [2.05, 4.69) is 70.9 Å². The Morgan fingerprint density at radius 1 is 1.04 bits per heavy atom. The summed E-state index contributed by atoms with van der Waals surface area (Å²) in [5.41, 5.74) is 0.927. The number of carbonyl (C=O) groups excluding carboxylic acids is 2. The van der Waals surface area contributed by atoms with Gasteiger partial charge in [0.25, 0.3) is 14.2 Å². The van der Waals surface area contributed by atoms with Crippen LogP contribution in [-0.2, 0) is 15.8 Å². The Kier molecular flexibility index (Phi) is 7.73. The Bertz CT molecular complexity index is 1810. The molecule has 2 aromatic carbocycles. The van der Waals surface area contributed by atoms with E-state index in [1.54, 1.807) is 6.20 Å². The lowest BCUT2D eigenvalue weighted by atomic mass is 10.2. The van der Waals surface area contributed by atoms with E-state index in [1.165, 1.54) is 17.8 Å². The molecule has 0 bridgehead atoms. The second-order valence-corrected chi connectivity index (χ2v) is 18.1. The third-order valence-electron chi connectivity index (χ3n) is 9.08. The summed E-state index contributed by atoms with van der Waals surface area (Å²) in [6, 6.07) is 24.2. The van der Waals surface area contributed by atoms with Gasteiger partial charge >= 0.3 is 0 Å². The molecule has 2 aromatic heterocycles. The van der Waals surface area contributed by atoms with Crippen LogP contribution in [0, 0.1) is 11.3 Å². The molecule has 2 fully saturated rings. The minimum absolute atomic E-state index is 0.0544. The van der Waals surface area contributed by atoms with Gasteiger partial charge in [0.1, 0.15) is 5.82 Å². The third-order valence-corrected chi connectivity index (χ3v) is 14.9. The van der Waals surface area contributed by atoms with E-state index in [-0.39, 0.29) is 46.1 Å². The SMILES string of the molecule is [2H]C([2H])([2H])NC(=O)c1nnc(NC(=O)C2CC23CC3)cc1Nc1nccc(CO[Si](c2ccccc2)(c2ccccc2)C(C)(C)C)c1SC. The number of thioether (sulfide) groups is 1. The summed E-state index contributed by atoms with van der Waals surface area (Å²) >= 11 is 1.46. The maximum atomic E-state index is 13.1. The van der Waals surface area contributed by atoms with Crippen LogP contribution in [-0.4, -0.2) is 48.5 Å². The topological polar surface area (TPSA) is 118 Å². The number of aromatic nitrogens is 3. The number of hydrogen-bond donors (Lipinski definition) is 3. The Balaban J connectivity index is 1.34. The second kappa shape index (κ2) is 12.6. The van der Waals surface area contributed by atoms with E-state index in [9.17, 15) is 9.59 Å². The fraction of sp³-hybridized carbons (Fsp3) is 0.343. The van der Waals surface area contributed by atoms with E-state index in [0.29, 0.717) is 5.82 Å². The van der Waals surface area contributed by atoms with Crippen LogP contribution in [0.1, 0.15) is 60.2 Å². The summed E-state index contributed by atoms with van der Waals surface area (Å²) in [6.45, 7) is 4.21. The minimum Gasteiger partial charge on any atom is -0.403 e. The molecule has 1 spiro atoms. The number of nitrogens with one attached hydrogen (secondary N) is 3. The fourth-order valence-corrected chi connectivity index (χ4v) is 11.6. The summed E-state index contributed by atoms with van der Waals surface area (Å²) in [7, 11) is -2.85. The van der Waals surface area contributed by atoms with Gasteiger partial charge in [-0.15, -0.1) is 22.0 Å². The average Bonchev–Trinajstić information content (AvgIpc) is 3.99. The third kappa shape index (κ3) is 6.06. The van der Waals surface area contributed by atoms with Crippen LogP contribution >= 0.6 is 11.8 Å². The first kappa shape index (κ1) is 28.2. The zero-order valence-electron chi connectivity index (χ0n) is 29.4. The highest BCUT2D eigenvalue weighted by Gasteiger charge is 2.65. The molecule has 3 N–H and O–H groups in total. The van der Waals surface area contributed by atoms with Crippen LogP contribution in [0.5, 0.6) is 0 Å². The molecule has 2 aliphatic rings. The number of nitrogens with zero attached hydrogens (tertiary/aromatic N) is 3. The maximum Gasteiger partial charge on any atom is 0.273 e. The number of carbonyl (C=O) groups is 2. The van der Waals surface area contributed by atoms with E-state index >= 15 is 0 Å². The largest absolute Gasteiger partial charge is 0.403 e. The zero-order chi connectivity index (χ0) is 35.0. The Labute approximate surface area is 279 Å². The average molecular weight is 656 g/mol. The molecule has 0 radical (unpaired) electrons. The van der Waals surface area contributed by atoms with Crippen LogP contribution in [0.25, 0.3) is 0 Å². The molecule has 9 nitrogen and oxygen atoms in total. The van der Waals surface area contributed by atoms with Gasteiger partial charge in [-0.05, 0) is 58.0 Å². The summed E-state index contributed by atoms with van der Waals surface area (Å²) < 4.78 is 29.8. The van der Waals surface area contributed by atoms with Crippen molar-refractivity contribution in [2.75, 3.05) is 23.9 Å². The molecule has 1 unspecified atom stereocenters. The molecule has 2 heterocycles. The van der Waals surface area contributed by atoms with Crippen molar-refractivity contribution in [3.05, 3.63) is 90.3 Å². The van der Waals surface area contributed by atoms with Crippen LogP contribution in [0.3, 0.4) is 0 Å². The summed E-state index contributed by atoms with van der Waals surface area (Å²) in [5, 5.41) is 18.2. The molecule has 238 valence electrons. The molecule has 11 heteroatoms. The van der Waals surface area contributed by atoms with Gasteiger partial charge in [0.05, 0.1) is 17.2 Å². The first-order valence-corrected chi connectivity index (χ1v) is 18.4. The van der Waals surface area contributed by atoms with Crippen molar-refractivity contribution in [1.29, 1.82) is 0 Å². The lowest BCUT2D eigenvalue weighted by Crippen LogP contribution is -2.66. The van der Waals surface area contributed by atoms with E-state index in [4.69, 9.17) is 8.54 Å². The van der Waals surface area contributed by atoms with Crippen molar-refractivity contribution in [3.63, 3.8) is 0 Å². The predicted octanol–water partition coefficient (Wildman–Crippen LogP) is 5.51. The van der Waals surface area contributed by atoms with Crippen molar-refractivity contribution in [2.24, 2.45) is 11.3 Å². The van der Waals surface area contributed by atoms with Gasteiger partial charge in [0.2, 0.25) is 5.91 Å². The van der Waals surface area contributed by atoms with Gasteiger partial charge in [-0.2, -0.15) is 0 Å². The van der Waals surface area contributed by atoms with Gasteiger partial charge in [0, 0.05) is 29.3 Å². The fourth-order valence-electron chi connectivity index (χ4n) is 6.41. The van der Waals surface area contributed by atoms with Crippen molar-refractivity contribution in [2.45, 2.75) is 56.6 Å². The standard InChI is InChI=1S/C35H40N6O3SSi/c1-34(2,3)46(24-12-8-6-9-13-24,25-14-10-7-11-15-25)44-22-23-16-19-37-31(30(23)45-5)38-27-20-28(40-41-29(27)33(43)36-4)39-32(42)26-21-35(26)17-18-35/h6-16,19-20,26H,17-18,21-22H2,1-5H3,(H,36,43)(H2,37,38,39,40,42)/i4D3. The lowest BCUT2D eigenvalue weighted by Gasteiger charge is -2.43. The molecule has 1 atom stereocenters. The van der Waals surface area contributed by atoms with Crippen LogP contribution in [0.15, 0.2) is 83.9 Å². The number of pyridine rings is 1. The van der Waals surface area contributed by atoms with E-state index < -0.39 is 21.2 Å². The minimum atomic E-state index is -2.85. The zero-order valence-corrected chi connectivity index (χ0v) is 28.2. The molecular formula is C35H40N6O3SSi. The van der Waals surface area contributed by atoms with Crippen molar-refractivity contribution >= 4 is 59.6 Å². The number of amides is 2. The van der Waals surface area contributed by atoms with Gasteiger partial charge < -0.3 is 20.4 Å². The van der Waals surface area contributed by atoms with E-state index in [1.807, 2.05) is 54.0 Å². The molecule has 0 aliphatic heterocycles. The Morgan fingerprint density at radius 3 is 2.28 bits per heavy atom. The molecule has 0 saturated heterocycles. The van der Waals surface area contributed by atoms with Gasteiger partial charge in [0.15, 0.2) is 11.5 Å².